The normalized spacial score (nSPS) is 19.1. The van der Waals surface area contributed by atoms with E-state index in [1.165, 1.54) is 0 Å². The maximum absolute atomic E-state index is 12.6. The standard InChI is InChI=1S/C18H23N3O4/c1-12(2)11-25-14-5-3-13(4-6-14)15(22)21-9-7-18(8-10-21)16(23)19-17(24)20-18/h3-6,12H,7-11H2,1-2H3,(H2,19,20,23,24). The van der Waals surface area contributed by atoms with E-state index in [0.717, 1.165) is 5.75 Å². The summed E-state index contributed by atoms with van der Waals surface area (Å²) in [5.41, 5.74) is -0.268. The second-order valence-corrected chi connectivity index (χ2v) is 7.01. The number of imide groups is 1. The van der Waals surface area contributed by atoms with Crippen molar-refractivity contribution in [3.05, 3.63) is 29.8 Å². The molecule has 0 atom stereocenters. The molecular formula is C18H23N3O4. The minimum atomic E-state index is -0.859. The van der Waals surface area contributed by atoms with Gasteiger partial charge in [0.05, 0.1) is 6.61 Å². The summed E-state index contributed by atoms with van der Waals surface area (Å²) in [5.74, 6) is 0.815. The number of benzene rings is 1. The van der Waals surface area contributed by atoms with Crippen LogP contribution >= 0.6 is 0 Å². The van der Waals surface area contributed by atoms with Crippen molar-refractivity contribution in [3.8, 4) is 5.75 Å². The summed E-state index contributed by atoms with van der Waals surface area (Å²) >= 11 is 0. The zero-order valence-corrected chi connectivity index (χ0v) is 14.5. The van der Waals surface area contributed by atoms with E-state index in [0.29, 0.717) is 44.0 Å². The average molecular weight is 345 g/mol. The molecule has 4 amide bonds. The van der Waals surface area contributed by atoms with Crippen molar-refractivity contribution in [2.45, 2.75) is 32.2 Å². The molecule has 7 heteroatoms. The molecule has 7 nitrogen and oxygen atoms in total. The first-order valence-corrected chi connectivity index (χ1v) is 8.55. The third kappa shape index (κ3) is 3.60. The fourth-order valence-corrected chi connectivity index (χ4v) is 3.11. The number of likely N-dealkylation sites (tertiary alicyclic amines) is 1. The molecule has 0 aliphatic carbocycles. The second kappa shape index (κ2) is 6.74. The molecule has 2 saturated heterocycles. The Hall–Kier alpha value is -2.57. The molecule has 0 saturated carbocycles. The van der Waals surface area contributed by atoms with Gasteiger partial charge in [-0.15, -0.1) is 0 Å². The summed E-state index contributed by atoms with van der Waals surface area (Å²) < 4.78 is 5.62. The molecule has 134 valence electrons. The van der Waals surface area contributed by atoms with E-state index in [2.05, 4.69) is 24.5 Å². The van der Waals surface area contributed by atoms with Gasteiger partial charge in [-0.1, -0.05) is 13.8 Å². The van der Waals surface area contributed by atoms with Gasteiger partial charge in [0, 0.05) is 18.7 Å². The predicted octanol–water partition coefficient (Wildman–Crippen LogP) is 1.54. The molecule has 1 aromatic carbocycles. The Morgan fingerprint density at radius 1 is 1.20 bits per heavy atom. The Kier molecular flexibility index (Phi) is 4.65. The predicted molar refractivity (Wildman–Crippen MR) is 91.3 cm³/mol. The zero-order valence-electron chi connectivity index (χ0n) is 14.5. The van der Waals surface area contributed by atoms with Crippen LogP contribution in [0.15, 0.2) is 24.3 Å². The summed E-state index contributed by atoms with van der Waals surface area (Å²) in [6.45, 7) is 5.65. The van der Waals surface area contributed by atoms with Crippen LogP contribution in [-0.4, -0.2) is 48.0 Å². The summed E-state index contributed by atoms with van der Waals surface area (Å²) in [7, 11) is 0. The van der Waals surface area contributed by atoms with Crippen molar-refractivity contribution in [3.63, 3.8) is 0 Å². The first-order valence-electron chi connectivity index (χ1n) is 8.55. The Bertz CT molecular complexity index is 676. The third-order valence-electron chi connectivity index (χ3n) is 4.60. The van der Waals surface area contributed by atoms with Crippen LogP contribution in [0.1, 0.15) is 37.0 Å². The van der Waals surface area contributed by atoms with E-state index in [4.69, 9.17) is 4.74 Å². The van der Waals surface area contributed by atoms with Crippen LogP contribution in [0.25, 0.3) is 0 Å². The number of urea groups is 1. The molecule has 3 rings (SSSR count). The zero-order chi connectivity index (χ0) is 18.0. The van der Waals surface area contributed by atoms with Crippen LogP contribution in [-0.2, 0) is 4.79 Å². The van der Waals surface area contributed by atoms with E-state index in [9.17, 15) is 14.4 Å². The van der Waals surface area contributed by atoms with Crippen LogP contribution in [0, 0.1) is 5.92 Å². The molecule has 2 fully saturated rings. The van der Waals surface area contributed by atoms with Gasteiger partial charge in [0.15, 0.2) is 0 Å². The summed E-state index contributed by atoms with van der Waals surface area (Å²) in [6, 6.07) is 6.65. The Labute approximate surface area is 146 Å². The van der Waals surface area contributed by atoms with Crippen molar-refractivity contribution in [2.75, 3.05) is 19.7 Å². The van der Waals surface area contributed by atoms with Crippen LogP contribution in [0.2, 0.25) is 0 Å². The molecule has 1 spiro atoms. The van der Waals surface area contributed by atoms with Crippen molar-refractivity contribution in [2.24, 2.45) is 5.92 Å². The lowest BCUT2D eigenvalue weighted by Gasteiger charge is -2.37. The number of nitrogens with zero attached hydrogens (tertiary/aromatic N) is 1. The van der Waals surface area contributed by atoms with Gasteiger partial charge in [-0.3, -0.25) is 14.9 Å². The fraction of sp³-hybridized carbons (Fsp3) is 0.500. The Balaban J connectivity index is 1.59. The number of hydrogen-bond donors (Lipinski definition) is 2. The molecule has 25 heavy (non-hydrogen) atoms. The lowest BCUT2D eigenvalue weighted by molar-refractivity contribution is -0.125. The lowest BCUT2D eigenvalue weighted by Crippen LogP contribution is -2.55. The summed E-state index contributed by atoms with van der Waals surface area (Å²) in [6.07, 6.45) is 0.845. The summed E-state index contributed by atoms with van der Waals surface area (Å²) in [4.78, 5) is 37.6. The molecule has 0 unspecified atom stereocenters. The molecule has 2 heterocycles. The van der Waals surface area contributed by atoms with Gasteiger partial charge in [0.1, 0.15) is 11.3 Å². The van der Waals surface area contributed by atoms with Gasteiger partial charge in [-0.25, -0.2) is 4.79 Å². The highest BCUT2D eigenvalue weighted by molar-refractivity contribution is 6.07. The Morgan fingerprint density at radius 3 is 2.36 bits per heavy atom. The molecule has 1 aromatic rings. The third-order valence-corrected chi connectivity index (χ3v) is 4.60. The number of carbonyl (C=O) groups excluding carboxylic acids is 3. The minimum Gasteiger partial charge on any atom is -0.493 e. The number of hydrogen-bond acceptors (Lipinski definition) is 4. The highest BCUT2D eigenvalue weighted by Gasteiger charge is 2.48. The largest absolute Gasteiger partial charge is 0.493 e. The Morgan fingerprint density at radius 2 is 1.84 bits per heavy atom. The molecule has 0 radical (unpaired) electrons. The maximum atomic E-state index is 12.6. The van der Waals surface area contributed by atoms with Crippen molar-refractivity contribution in [1.82, 2.24) is 15.5 Å². The smallest absolute Gasteiger partial charge is 0.322 e. The van der Waals surface area contributed by atoms with E-state index in [1.54, 1.807) is 29.2 Å². The van der Waals surface area contributed by atoms with E-state index in [-0.39, 0.29) is 11.8 Å². The van der Waals surface area contributed by atoms with Crippen LogP contribution in [0.4, 0.5) is 4.79 Å². The molecule has 2 N–H and O–H groups in total. The number of ether oxygens (including phenoxy) is 1. The van der Waals surface area contributed by atoms with E-state index >= 15 is 0 Å². The van der Waals surface area contributed by atoms with E-state index < -0.39 is 11.6 Å². The highest BCUT2D eigenvalue weighted by atomic mass is 16.5. The highest BCUT2D eigenvalue weighted by Crippen LogP contribution is 2.26. The number of rotatable bonds is 4. The van der Waals surface area contributed by atoms with Gasteiger partial charge in [-0.2, -0.15) is 0 Å². The maximum Gasteiger partial charge on any atom is 0.322 e. The fourth-order valence-electron chi connectivity index (χ4n) is 3.11. The first-order chi connectivity index (χ1) is 11.9. The first kappa shape index (κ1) is 17.3. The second-order valence-electron chi connectivity index (χ2n) is 7.01. The van der Waals surface area contributed by atoms with E-state index in [1.807, 2.05) is 0 Å². The lowest BCUT2D eigenvalue weighted by atomic mass is 9.87. The topological polar surface area (TPSA) is 87.7 Å². The van der Waals surface area contributed by atoms with Crippen LogP contribution in [0.3, 0.4) is 0 Å². The molecule has 2 aliphatic heterocycles. The van der Waals surface area contributed by atoms with Crippen LogP contribution in [0.5, 0.6) is 5.75 Å². The number of amides is 4. The molecule has 0 bridgehead atoms. The van der Waals surface area contributed by atoms with Gasteiger partial charge >= 0.3 is 6.03 Å². The van der Waals surface area contributed by atoms with Crippen molar-refractivity contribution < 1.29 is 19.1 Å². The van der Waals surface area contributed by atoms with Gasteiger partial charge in [0.25, 0.3) is 11.8 Å². The molecule has 2 aliphatic rings. The van der Waals surface area contributed by atoms with Crippen LogP contribution < -0.4 is 15.4 Å². The molecule has 0 aromatic heterocycles. The average Bonchev–Trinajstić information content (AvgIpc) is 2.87. The quantitative estimate of drug-likeness (QED) is 0.810. The van der Waals surface area contributed by atoms with Gasteiger partial charge in [0.2, 0.25) is 0 Å². The van der Waals surface area contributed by atoms with Gasteiger partial charge in [-0.05, 0) is 43.0 Å². The van der Waals surface area contributed by atoms with Crippen molar-refractivity contribution >= 4 is 17.8 Å². The van der Waals surface area contributed by atoms with Gasteiger partial charge < -0.3 is 15.0 Å². The van der Waals surface area contributed by atoms with Crippen molar-refractivity contribution in [1.29, 1.82) is 0 Å². The molecular weight excluding hydrogens is 322 g/mol. The summed E-state index contributed by atoms with van der Waals surface area (Å²) in [5, 5.41) is 4.97. The number of piperidine rings is 1. The SMILES string of the molecule is CC(C)COc1ccc(C(=O)N2CCC3(CC2)NC(=O)NC3=O)cc1. The number of nitrogens with one attached hydrogen (secondary N) is 2. The number of carbonyl (C=O) groups is 3. The minimum absolute atomic E-state index is 0.0741. The monoisotopic (exact) mass is 345 g/mol.